The Morgan fingerprint density at radius 1 is 1.29 bits per heavy atom. The van der Waals surface area contributed by atoms with Crippen LogP contribution in [0.3, 0.4) is 0 Å². The average molecular weight is 329 g/mol. The van der Waals surface area contributed by atoms with Gasteiger partial charge in [0, 0.05) is 20.0 Å². The second-order valence-electron chi connectivity index (χ2n) is 5.64. The monoisotopic (exact) mass is 329 g/mol. The fraction of sp³-hybridized carbons (Fsp3) is 0.278. The van der Waals surface area contributed by atoms with Gasteiger partial charge in [-0.15, -0.1) is 0 Å². The van der Waals surface area contributed by atoms with E-state index >= 15 is 0 Å². The Morgan fingerprint density at radius 2 is 2.12 bits per heavy atom. The van der Waals surface area contributed by atoms with E-state index in [1.165, 1.54) is 17.7 Å². The Morgan fingerprint density at radius 3 is 2.88 bits per heavy atom. The summed E-state index contributed by atoms with van der Waals surface area (Å²) in [7, 11) is 1.68. The third-order valence-electron chi connectivity index (χ3n) is 3.91. The van der Waals surface area contributed by atoms with E-state index in [1.54, 1.807) is 13.1 Å². The highest BCUT2D eigenvalue weighted by molar-refractivity contribution is 5.79. The van der Waals surface area contributed by atoms with Crippen LogP contribution in [0.5, 0.6) is 11.5 Å². The highest BCUT2D eigenvalue weighted by Gasteiger charge is 2.22. The maximum Gasteiger partial charge on any atom is 0.191 e. The minimum atomic E-state index is -0.630. The van der Waals surface area contributed by atoms with E-state index in [1.807, 2.05) is 18.2 Å². The van der Waals surface area contributed by atoms with E-state index in [2.05, 4.69) is 21.7 Å². The first-order valence-corrected chi connectivity index (χ1v) is 7.82. The number of hydrogen-bond acceptors (Lipinski definition) is 3. The summed E-state index contributed by atoms with van der Waals surface area (Å²) in [6, 6.07) is 12.3. The molecule has 0 aliphatic carbocycles. The third kappa shape index (κ3) is 3.76. The van der Waals surface area contributed by atoms with Crippen LogP contribution in [0.4, 0.5) is 4.39 Å². The van der Waals surface area contributed by atoms with Gasteiger partial charge in [0.25, 0.3) is 0 Å². The maximum atomic E-state index is 13.3. The summed E-state index contributed by atoms with van der Waals surface area (Å²) in [5, 5.41) is 15.5. The highest BCUT2D eigenvalue weighted by atomic mass is 19.1. The molecular formula is C18H20FN3O2. The van der Waals surface area contributed by atoms with Gasteiger partial charge < -0.3 is 20.5 Å². The van der Waals surface area contributed by atoms with Gasteiger partial charge in [0.05, 0.1) is 6.54 Å². The quantitative estimate of drug-likeness (QED) is 0.594. The number of rotatable bonds is 4. The fourth-order valence-corrected chi connectivity index (χ4v) is 2.65. The van der Waals surface area contributed by atoms with Gasteiger partial charge in [-0.1, -0.05) is 24.3 Å². The molecule has 2 aromatic rings. The van der Waals surface area contributed by atoms with Gasteiger partial charge in [0.15, 0.2) is 17.5 Å². The van der Waals surface area contributed by atoms with Gasteiger partial charge in [-0.3, -0.25) is 4.99 Å². The van der Waals surface area contributed by atoms with Crippen molar-refractivity contribution in [2.45, 2.75) is 19.1 Å². The lowest BCUT2D eigenvalue weighted by atomic mass is 10.1. The van der Waals surface area contributed by atoms with Gasteiger partial charge in [-0.25, -0.2) is 4.39 Å². The molecule has 2 aromatic carbocycles. The molecule has 5 nitrogen and oxygen atoms in total. The van der Waals surface area contributed by atoms with Crippen molar-refractivity contribution < 1.29 is 14.2 Å². The van der Waals surface area contributed by atoms with E-state index < -0.39 is 5.82 Å². The molecule has 3 N–H and O–H groups in total. The second-order valence-corrected chi connectivity index (χ2v) is 5.64. The first kappa shape index (κ1) is 16.1. The lowest BCUT2D eigenvalue weighted by Gasteiger charge is -2.15. The van der Waals surface area contributed by atoms with E-state index in [9.17, 15) is 9.50 Å². The van der Waals surface area contributed by atoms with Crippen LogP contribution in [0, 0.1) is 5.82 Å². The number of nitrogens with zero attached hydrogens (tertiary/aromatic N) is 1. The number of phenols is 1. The Bertz CT molecular complexity index is 724. The van der Waals surface area contributed by atoms with Gasteiger partial charge in [0.2, 0.25) is 0 Å². The van der Waals surface area contributed by atoms with Crippen molar-refractivity contribution in [3.8, 4) is 11.5 Å². The molecule has 126 valence electrons. The summed E-state index contributed by atoms with van der Waals surface area (Å²) < 4.78 is 19.2. The molecule has 6 heteroatoms. The highest BCUT2D eigenvalue weighted by Crippen LogP contribution is 2.27. The molecule has 0 saturated heterocycles. The van der Waals surface area contributed by atoms with Gasteiger partial charge in [-0.2, -0.15) is 0 Å². The van der Waals surface area contributed by atoms with Gasteiger partial charge in [0.1, 0.15) is 11.9 Å². The summed E-state index contributed by atoms with van der Waals surface area (Å²) in [5.74, 6) is 0.573. The molecule has 0 spiro atoms. The average Bonchev–Trinajstić information content (AvgIpc) is 3.01. The lowest BCUT2D eigenvalue weighted by molar-refractivity contribution is 0.235. The summed E-state index contributed by atoms with van der Waals surface area (Å²) in [6.45, 7) is 1.03. The van der Waals surface area contributed by atoms with Crippen LogP contribution in [-0.2, 0) is 13.0 Å². The smallest absolute Gasteiger partial charge is 0.191 e. The van der Waals surface area contributed by atoms with Crippen LogP contribution in [0.2, 0.25) is 0 Å². The maximum absolute atomic E-state index is 13.3. The molecule has 0 radical (unpaired) electrons. The zero-order chi connectivity index (χ0) is 16.9. The summed E-state index contributed by atoms with van der Waals surface area (Å²) in [5.41, 5.74) is 1.93. The van der Waals surface area contributed by atoms with Crippen molar-refractivity contribution in [3.05, 3.63) is 59.4 Å². The number of aliphatic imine (C=N–C) groups is 1. The molecule has 0 aromatic heterocycles. The molecule has 24 heavy (non-hydrogen) atoms. The van der Waals surface area contributed by atoms with Crippen LogP contribution < -0.4 is 15.4 Å². The molecule has 1 atom stereocenters. The SMILES string of the molecule is CN=C(NCc1ccc(O)c(F)c1)NCC1Cc2ccccc2O1. The number of nitrogens with one attached hydrogen (secondary N) is 2. The van der Waals surface area contributed by atoms with Crippen molar-refractivity contribution in [2.24, 2.45) is 4.99 Å². The van der Waals surface area contributed by atoms with Crippen molar-refractivity contribution in [1.82, 2.24) is 10.6 Å². The van der Waals surface area contributed by atoms with Gasteiger partial charge in [-0.05, 0) is 29.3 Å². The number of benzene rings is 2. The number of aromatic hydroxyl groups is 1. The molecule has 1 heterocycles. The largest absolute Gasteiger partial charge is 0.505 e. The fourth-order valence-electron chi connectivity index (χ4n) is 2.65. The predicted octanol–water partition coefficient (Wildman–Crippen LogP) is 2.20. The molecule has 1 unspecified atom stereocenters. The molecule has 1 aliphatic heterocycles. The Hall–Kier alpha value is -2.76. The number of guanidine groups is 1. The minimum absolute atomic E-state index is 0.0621. The Labute approximate surface area is 140 Å². The molecular weight excluding hydrogens is 309 g/mol. The molecule has 1 aliphatic rings. The molecule has 0 fully saturated rings. The summed E-state index contributed by atoms with van der Waals surface area (Å²) in [6.07, 6.45) is 0.927. The second kappa shape index (κ2) is 7.21. The van der Waals surface area contributed by atoms with Crippen LogP contribution in [-0.4, -0.2) is 30.8 Å². The number of fused-ring (bicyclic) bond motifs is 1. The van der Waals surface area contributed by atoms with E-state index in [4.69, 9.17) is 4.74 Å². The number of ether oxygens (including phenoxy) is 1. The Kier molecular flexibility index (Phi) is 4.84. The Balaban J connectivity index is 1.48. The first-order valence-electron chi connectivity index (χ1n) is 7.82. The van der Waals surface area contributed by atoms with E-state index in [0.717, 1.165) is 17.7 Å². The van der Waals surface area contributed by atoms with E-state index in [0.29, 0.717) is 19.0 Å². The van der Waals surface area contributed by atoms with Crippen molar-refractivity contribution in [1.29, 1.82) is 0 Å². The zero-order valence-electron chi connectivity index (χ0n) is 13.4. The van der Waals surface area contributed by atoms with Crippen LogP contribution in [0.15, 0.2) is 47.5 Å². The normalized spacial score (nSPS) is 16.4. The van der Waals surface area contributed by atoms with Crippen molar-refractivity contribution in [3.63, 3.8) is 0 Å². The van der Waals surface area contributed by atoms with Crippen molar-refractivity contribution in [2.75, 3.05) is 13.6 Å². The van der Waals surface area contributed by atoms with Crippen LogP contribution >= 0.6 is 0 Å². The molecule has 0 amide bonds. The standard InChI is InChI=1S/C18H20FN3O2/c1-20-18(21-10-12-6-7-16(23)15(19)8-12)22-11-14-9-13-4-2-3-5-17(13)24-14/h2-8,14,23H,9-11H2,1H3,(H2,20,21,22). The number of halogens is 1. The van der Waals surface area contributed by atoms with Crippen LogP contribution in [0.25, 0.3) is 0 Å². The predicted molar refractivity (Wildman–Crippen MR) is 90.8 cm³/mol. The molecule has 0 bridgehead atoms. The topological polar surface area (TPSA) is 65.9 Å². The number of hydrogen-bond donors (Lipinski definition) is 3. The van der Waals surface area contributed by atoms with Crippen molar-refractivity contribution >= 4 is 5.96 Å². The number of phenolic OH excluding ortho intramolecular Hbond substituents is 1. The minimum Gasteiger partial charge on any atom is -0.505 e. The third-order valence-corrected chi connectivity index (χ3v) is 3.91. The zero-order valence-corrected chi connectivity index (χ0v) is 13.4. The summed E-state index contributed by atoms with van der Waals surface area (Å²) in [4.78, 5) is 4.15. The molecule has 3 rings (SSSR count). The van der Waals surface area contributed by atoms with Crippen LogP contribution in [0.1, 0.15) is 11.1 Å². The molecule has 0 saturated carbocycles. The van der Waals surface area contributed by atoms with E-state index in [-0.39, 0.29) is 11.9 Å². The lowest BCUT2D eigenvalue weighted by Crippen LogP contribution is -2.41. The number of para-hydroxylation sites is 1. The summed E-state index contributed by atoms with van der Waals surface area (Å²) >= 11 is 0. The van der Waals surface area contributed by atoms with Gasteiger partial charge >= 0.3 is 0 Å². The first-order chi connectivity index (χ1) is 11.7.